The zero-order valence-electron chi connectivity index (χ0n) is 8.67. The van der Waals surface area contributed by atoms with E-state index in [4.69, 9.17) is 5.73 Å². The monoisotopic (exact) mass is 178 g/mol. The molecule has 1 atom stereocenters. The van der Waals surface area contributed by atoms with Gasteiger partial charge in [-0.05, 0) is 25.0 Å². The van der Waals surface area contributed by atoms with Crippen LogP contribution in [-0.2, 0) is 5.41 Å². The lowest BCUT2D eigenvalue weighted by atomic mass is 9.81. The van der Waals surface area contributed by atoms with Crippen LogP contribution in [0.3, 0.4) is 0 Å². The van der Waals surface area contributed by atoms with Gasteiger partial charge in [0.15, 0.2) is 0 Å². The maximum absolute atomic E-state index is 5.76. The maximum Gasteiger partial charge on any atom is 0.0372 e. The highest BCUT2D eigenvalue weighted by Gasteiger charge is 2.22. The topological polar surface area (TPSA) is 38.9 Å². The first-order chi connectivity index (χ1) is 6.12. The Labute approximate surface area is 80.2 Å². The van der Waals surface area contributed by atoms with E-state index >= 15 is 0 Å². The number of hydrogen-bond donors (Lipinski definition) is 1. The van der Waals surface area contributed by atoms with E-state index < -0.39 is 0 Å². The zero-order chi connectivity index (χ0) is 9.90. The van der Waals surface area contributed by atoms with Gasteiger partial charge in [-0.25, -0.2) is 0 Å². The standard InChI is InChI=1S/C11H18N2/c1-4-11(3,8-12)10-6-5-9(2)13-7-10/h5-7H,4,8,12H2,1-3H3. The summed E-state index contributed by atoms with van der Waals surface area (Å²) in [6.07, 6.45) is 2.99. The molecule has 0 aromatic carbocycles. The molecule has 72 valence electrons. The molecule has 0 fully saturated rings. The van der Waals surface area contributed by atoms with Crippen LogP contribution in [0.1, 0.15) is 31.5 Å². The van der Waals surface area contributed by atoms with Crippen molar-refractivity contribution in [3.63, 3.8) is 0 Å². The van der Waals surface area contributed by atoms with Crippen LogP contribution in [0.4, 0.5) is 0 Å². The fourth-order valence-corrected chi connectivity index (χ4v) is 1.29. The van der Waals surface area contributed by atoms with Crippen LogP contribution >= 0.6 is 0 Å². The van der Waals surface area contributed by atoms with Gasteiger partial charge in [0.1, 0.15) is 0 Å². The summed E-state index contributed by atoms with van der Waals surface area (Å²) in [6.45, 7) is 7.01. The summed E-state index contributed by atoms with van der Waals surface area (Å²) in [6, 6.07) is 4.16. The molecule has 1 aromatic heterocycles. The lowest BCUT2D eigenvalue weighted by molar-refractivity contribution is 0.465. The van der Waals surface area contributed by atoms with E-state index in [0.29, 0.717) is 6.54 Å². The van der Waals surface area contributed by atoms with Gasteiger partial charge in [-0.3, -0.25) is 4.98 Å². The van der Waals surface area contributed by atoms with E-state index in [-0.39, 0.29) is 5.41 Å². The summed E-state index contributed by atoms with van der Waals surface area (Å²) < 4.78 is 0. The minimum Gasteiger partial charge on any atom is -0.330 e. The van der Waals surface area contributed by atoms with Crippen LogP contribution in [0.25, 0.3) is 0 Å². The molecule has 1 aromatic rings. The highest BCUT2D eigenvalue weighted by Crippen LogP contribution is 2.25. The molecule has 1 heterocycles. The summed E-state index contributed by atoms with van der Waals surface area (Å²) in [4.78, 5) is 4.29. The first kappa shape index (κ1) is 10.2. The molecule has 13 heavy (non-hydrogen) atoms. The van der Waals surface area contributed by atoms with E-state index in [1.807, 2.05) is 19.2 Å². The van der Waals surface area contributed by atoms with Gasteiger partial charge in [0.2, 0.25) is 0 Å². The van der Waals surface area contributed by atoms with Crippen molar-refractivity contribution >= 4 is 0 Å². The van der Waals surface area contributed by atoms with Crippen LogP contribution in [0.15, 0.2) is 18.3 Å². The Kier molecular flexibility index (Phi) is 3.04. The van der Waals surface area contributed by atoms with E-state index in [0.717, 1.165) is 12.1 Å². The van der Waals surface area contributed by atoms with E-state index in [2.05, 4.69) is 24.9 Å². The molecule has 0 spiro atoms. The molecule has 1 unspecified atom stereocenters. The highest BCUT2D eigenvalue weighted by molar-refractivity contribution is 5.23. The molecular formula is C11H18N2. The van der Waals surface area contributed by atoms with Gasteiger partial charge >= 0.3 is 0 Å². The molecule has 2 nitrogen and oxygen atoms in total. The quantitative estimate of drug-likeness (QED) is 0.769. The van der Waals surface area contributed by atoms with Crippen LogP contribution in [0, 0.1) is 6.92 Å². The van der Waals surface area contributed by atoms with Crippen molar-refractivity contribution < 1.29 is 0 Å². The molecule has 0 amide bonds. The SMILES string of the molecule is CCC(C)(CN)c1ccc(C)nc1. The summed E-state index contributed by atoms with van der Waals surface area (Å²) in [5.41, 5.74) is 8.14. The number of pyridine rings is 1. The minimum absolute atomic E-state index is 0.0840. The zero-order valence-corrected chi connectivity index (χ0v) is 8.67. The number of rotatable bonds is 3. The summed E-state index contributed by atoms with van der Waals surface area (Å²) in [7, 11) is 0. The molecule has 2 N–H and O–H groups in total. The number of hydrogen-bond acceptors (Lipinski definition) is 2. The molecule has 1 rings (SSSR count). The third kappa shape index (κ3) is 2.07. The number of aromatic nitrogens is 1. The molecule has 0 saturated heterocycles. The normalized spacial score (nSPS) is 15.4. The average Bonchev–Trinajstić information content (AvgIpc) is 2.18. The van der Waals surface area contributed by atoms with Crippen molar-refractivity contribution in [1.82, 2.24) is 4.98 Å². The Morgan fingerprint density at radius 3 is 2.54 bits per heavy atom. The largest absolute Gasteiger partial charge is 0.330 e. The molecule has 0 aliphatic heterocycles. The molecule has 0 saturated carbocycles. The fourth-order valence-electron chi connectivity index (χ4n) is 1.29. The Hall–Kier alpha value is -0.890. The fraction of sp³-hybridized carbons (Fsp3) is 0.545. The van der Waals surface area contributed by atoms with Gasteiger partial charge in [0.25, 0.3) is 0 Å². The molecule has 2 heteroatoms. The second-order valence-electron chi connectivity index (χ2n) is 3.81. The predicted octanol–water partition coefficient (Wildman–Crippen LogP) is 2.02. The van der Waals surface area contributed by atoms with Crippen LogP contribution in [-0.4, -0.2) is 11.5 Å². The van der Waals surface area contributed by atoms with Gasteiger partial charge < -0.3 is 5.73 Å². The maximum atomic E-state index is 5.76. The third-order valence-corrected chi connectivity index (χ3v) is 2.84. The molecule has 0 bridgehead atoms. The summed E-state index contributed by atoms with van der Waals surface area (Å²) in [5.74, 6) is 0. The van der Waals surface area contributed by atoms with Crippen molar-refractivity contribution in [3.05, 3.63) is 29.6 Å². The smallest absolute Gasteiger partial charge is 0.0372 e. The van der Waals surface area contributed by atoms with Crippen molar-refractivity contribution in [3.8, 4) is 0 Å². The Balaban J connectivity index is 2.99. The molecule has 0 aliphatic rings. The highest BCUT2D eigenvalue weighted by atomic mass is 14.7. The van der Waals surface area contributed by atoms with Gasteiger partial charge in [0, 0.05) is 23.9 Å². The Morgan fingerprint density at radius 1 is 1.46 bits per heavy atom. The van der Waals surface area contributed by atoms with Crippen molar-refractivity contribution in [2.45, 2.75) is 32.6 Å². The van der Waals surface area contributed by atoms with E-state index in [9.17, 15) is 0 Å². The van der Waals surface area contributed by atoms with Crippen molar-refractivity contribution in [2.75, 3.05) is 6.54 Å². The summed E-state index contributed by atoms with van der Waals surface area (Å²) in [5, 5.41) is 0. The number of nitrogens with zero attached hydrogens (tertiary/aromatic N) is 1. The summed E-state index contributed by atoms with van der Waals surface area (Å²) >= 11 is 0. The van der Waals surface area contributed by atoms with E-state index in [1.165, 1.54) is 5.56 Å². The minimum atomic E-state index is 0.0840. The van der Waals surface area contributed by atoms with Gasteiger partial charge in [0.05, 0.1) is 0 Å². The lowest BCUT2D eigenvalue weighted by Gasteiger charge is -2.26. The van der Waals surface area contributed by atoms with Crippen molar-refractivity contribution in [1.29, 1.82) is 0 Å². The molecule has 0 aliphatic carbocycles. The van der Waals surface area contributed by atoms with Crippen molar-refractivity contribution in [2.24, 2.45) is 5.73 Å². The second kappa shape index (κ2) is 3.88. The number of nitrogens with two attached hydrogens (primary N) is 1. The average molecular weight is 178 g/mol. The molecule has 0 radical (unpaired) electrons. The molecular weight excluding hydrogens is 160 g/mol. The van der Waals surface area contributed by atoms with E-state index in [1.54, 1.807) is 0 Å². The third-order valence-electron chi connectivity index (χ3n) is 2.84. The van der Waals surface area contributed by atoms with Gasteiger partial charge in [-0.15, -0.1) is 0 Å². The first-order valence-electron chi connectivity index (χ1n) is 4.75. The van der Waals surface area contributed by atoms with Crippen LogP contribution in [0.5, 0.6) is 0 Å². The van der Waals surface area contributed by atoms with Crippen LogP contribution in [0.2, 0.25) is 0 Å². The predicted molar refractivity (Wildman–Crippen MR) is 55.7 cm³/mol. The van der Waals surface area contributed by atoms with Crippen LogP contribution < -0.4 is 5.73 Å². The second-order valence-corrected chi connectivity index (χ2v) is 3.81. The number of aryl methyl sites for hydroxylation is 1. The first-order valence-corrected chi connectivity index (χ1v) is 4.75. The van der Waals surface area contributed by atoms with Gasteiger partial charge in [-0.2, -0.15) is 0 Å². The van der Waals surface area contributed by atoms with Gasteiger partial charge in [-0.1, -0.05) is 19.9 Å². The lowest BCUT2D eigenvalue weighted by Crippen LogP contribution is -2.31. The Bertz CT molecular complexity index is 260. The Morgan fingerprint density at radius 2 is 2.15 bits per heavy atom.